The van der Waals surface area contributed by atoms with Gasteiger partial charge in [0.2, 0.25) is 0 Å². The maximum atomic E-state index is 13.3. The van der Waals surface area contributed by atoms with E-state index in [1.807, 2.05) is 13.8 Å². The molecule has 0 radical (unpaired) electrons. The zero-order valence-corrected chi connectivity index (χ0v) is 20.1. The molecule has 0 bridgehead atoms. The van der Waals surface area contributed by atoms with Crippen molar-refractivity contribution in [1.82, 2.24) is 0 Å². The number of ether oxygens (including phenoxy) is 2. The van der Waals surface area contributed by atoms with Crippen LogP contribution in [0.3, 0.4) is 0 Å². The van der Waals surface area contributed by atoms with Gasteiger partial charge in [-0.1, -0.05) is 35.9 Å². The van der Waals surface area contributed by atoms with Gasteiger partial charge in [-0.15, -0.1) is 0 Å². The molecule has 7 nitrogen and oxygen atoms in total. The number of amides is 1. The number of aliphatic hydroxyl groups is 1. The van der Waals surface area contributed by atoms with E-state index in [1.54, 1.807) is 48.5 Å². The molecule has 1 heterocycles. The first kappa shape index (κ1) is 24.2. The van der Waals surface area contributed by atoms with Crippen LogP contribution in [0.1, 0.15) is 31.0 Å². The molecule has 1 atom stereocenters. The van der Waals surface area contributed by atoms with Crippen molar-refractivity contribution in [2.75, 3.05) is 12.0 Å². The van der Waals surface area contributed by atoms with E-state index in [-0.39, 0.29) is 28.2 Å². The third kappa shape index (κ3) is 4.68. The number of carbonyl (C=O) groups is 2. The number of Topliss-reactive ketones (excluding diaryl/α,β-unsaturated/α-hetero) is 1. The van der Waals surface area contributed by atoms with Gasteiger partial charge < -0.3 is 19.7 Å². The van der Waals surface area contributed by atoms with E-state index in [0.29, 0.717) is 28.3 Å². The number of rotatable bonds is 6. The Hall–Kier alpha value is -3.97. The summed E-state index contributed by atoms with van der Waals surface area (Å²) in [5, 5.41) is 21.3. The lowest BCUT2D eigenvalue weighted by Gasteiger charge is -2.26. The Morgan fingerprint density at radius 2 is 1.74 bits per heavy atom. The average Bonchev–Trinajstić information content (AvgIpc) is 3.09. The Kier molecular flexibility index (Phi) is 6.71. The van der Waals surface area contributed by atoms with E-state index >= 15 is 0 Å². The van der Waals surface area contributed by atoms with Crippen molar-refractivity contribution in [3.63, 3.8) is 0 Å². The molecule has 3 aromatic carbocycles. The van der Waals surface area contributed by atoms with E-state index in [2.05, 4.69) is 0 Å². The van der Waals surface area contributed by atoms with Crippen LogP contribution in [0.5, 0.6) is 17.2 Å². The van der Waals surface area contributed by atoms with Crippen LogP contribution in [-0.4, -0.2) is 35.1 Å². The second kappa shape index (κ2) is 9.72. The summed E-state index contributed by atoms with van der Waals surface area (Å²) in [5.41, 5.74) is 1.11. The number of benzene rings is 3. The van der Waals surface area contributed by atoms with E-state index in [9.17, 15) is 19.8 Å². The Balaban J connectivity index is 1.90. The average molecular weight is 494 g/mol. The molecule has 1 amide bonds. The first-order valence-electron chi connectivity index (χ1n) is 10.9. The minimum absolute atomic E-state index is 0.0247. The number of hydrogen-bond acceptors (Lipinski definition) is 6. The molecular formula is C27H24ClNO6. The number of ketones is 1. The summed E-state index contributed by atoms with van der Waals surface area (Å²) in [7, 11) is 1.47. The van der Waals surface area contributed by atoms with Crippen molar-refractivity contribution in [2.24, 2.45) is 0 Å². The molecule has 0 saturated carbocycles. The minimum atomic E-state index is -0.963. The van der Waals surface area contributed by atoms with E-state index in [1.165, 1.54) is 30.2 Å². The minimum Gasteiger partial charge on any atom is -0.508 e. The standard InChI is InChI=1S/C27H24ClNO6/c1-15(2)35-20-6-4-5-17(13-20)25(31)23-24(16-7-10-19(30)11-8-16)29(27(33)26(23)32)18-9-12-22(34-3)21(28)14-18/h4-15,24,30-31H,1-3H3/b25-23+. The van der Waals surface area contributed by atoms with Crippen LogP contribution in [0, 0.1) is 0 Å². The highest BCUT2D eigenvalue weighted by Gasteiger charge is 2.47. The third-order valence-electron chi connectivity index (χ3n) is 5.55. The van der Waals surface area contributed by atoms with Gasteiger partial charge in [-0.05, 0) is 61.9 Å². The highest BCUT2D eigenvalue weighted by atomic mass is 35.5. The summed E-state index contributed by atoms with van der Waals surface area (Å²) in [6.45, 7) is 3.76. The second-order valence-corrected chi connectivity index (χ2v) is 8.68. The number of halogens is 1. The van der Waals surface area contributed by atoms with Gasteiger partial charge in [-0.3, -0.25) is 14.5 Å². The molecule has 1 fully saturated rings. The molecule has 0 aromatic heterocycles. The number of carbonyl (C=O) groups excluding carboxylic acids is 2. The third-order valence-corrected chi connectivity index (χ3v) is 5.84. The van der Waals surface area contributed by atoms with Crippen LogP contribution < -0.4 is 14.4 Å². The molecule has 1 saturated heterocycles. The van der Waals surface area contributed by atoms with Crippen molar-refractivity contribution in [2.45, 2.75) is 26.0 Å². The summed E-state index contributed by atoms with van der Waals surface area (Å²) >= 11 is 6.30. The van der Waals surface area contributed by atoms with Gasteiger partial charge in [0.05, 0.1) is 29.9 Å². The topological polar surface area (TPSA) is 96.3 Å². The van der Waals surface area contributed by atoms with Gasteiger partial charge in [0.25, 0.3) is 11.7 Å². The normalized spacial score (nSPS) is 17.2. The highest BCUT2D eigenvalue weighted by molar-refractivity contribution is 6.51. The van der Waals surface area contributed by atoms with Gasteiger partial charge in [0.15, 0.2) is 0 Å². The van der Waals surface area contributed by atoms with Crippen molar-refractivity contribution in [3.8, 4) is 17.2 Å². The van der Waals surface area contributed by atoms with Crippen molar-refractivity contribution >= 4 is 34.7 Å². The fourth-order valence-corrected chi connectivity index (χ4v) is 4.27. The molecule has 1 unspecified atom stereocenters. The number of anilines is 1. The van der Waals surface area contributed by atoms with Gasteiger partial charge in [0, 0.05) is 11.3 Å². The zero-order chi connectivity index (χ0) is 25.3. The molecule has 1 aliphatic rings. The molecule has 1 aliphatic heterocycles. The van der Waals surface area contributed by atoms with Crippen molar-refractivity contribution in [1.29, 1.82) is 0 Å². The fourth-order valence-electron chi connectivity index (χ4n) is 4.02. The Bertz CT molecular complexity index is 1320. The van der Waals surface area contributed by atoms with Crippen LogP contribution in [0.25, 0.3) is 5.76 Å². The van der Waals surface area contributed by atoms with Crippen LogP contribution >= 0.6 is 11.6 Å². The fraction of sp³-hybridized carbons (Fsp3) is 0.185. The lowest BCUT2D eigenvalue weighted by Crippen LogP contribution is -2.29. The molecule has 3 aromatic rings. The van der Waals surface area contributed by atoms with Crippen LogP contribution in [0.2, 0.25) is 5.02 Å². The molecular weight excluding hydrogens is 470 g/mol. The number of phenols is 1. The van der Waals surface area contributed by atoms with E-state index in [4.69, 9.17) is 21.1 Å². The number of methoxy groups -OCH3 is 1. The number of aromatic hydroxyl groups is 1. The predicted octanol–water partition coefficient (Wildman–Crippen LogP) is 5.47. The summed E-state index contributed by atoms with van der Waals surface area (Å²) in [4.78, 5) is 27.8. The summed E-state index contributed by atoms with van der Waals surface area (Å²) < 4.78 is 10.9. The second-order valence-electron chi connectivity index (χ2n) is 8.27. The van der Waals surface area contributed by atoms with Gasteiger partial charge >= 0.3 is 0 Å². The first-order chi connectivity index (χ1) is 16.7. The zero-order valence-electron chi connectivity index (χ0n) is 19.4. The van der Waals surface area contributed by atoms with Gasteiger partial charge in [0.1, 0.15) is 23.0 Å². The summed E-state index contributed by atoms with van der Waals surface area (Å²) in [5.74, 6) is -1.05. The first-order valence-corrected chi connectivity index (χ1v) is 11.3. The Morgan fingerprint density at radius 3 is 2.37 bits per heavy atom. The molecule has 0 spiro atoms. The molecule has 2 N–H and O–H groups in total. The smallest absolute Gasteiger partial charge is 0.300 e. The number of phenolic OH excluding ortho intramolecular Hbond substituents is 1. The maximum Gasteiger partial charge on any atom is 0.300 e. The predicted molar refractivity (Wildman–Crippen MR) is 133 cm³/mol. The lowest BCUT2D eigenvalue weighted by molar-refractivity contribution is -0.132. The van der Waals surface area contributed by atoms with E-state index < -0.39 is 17.7 Å². The summed E-state index contributed by atoms with van der Waals surface area (Å²) in [6, 6.07) is 16.5. The summed E-state index contributed by atoms with van der Waals surface area (Å²) in [6.07, 6.45) is -0.0882. The Labute approximate surface area is 207 Å². The SMILES string of the molecule is COc1ccc(N2C(=O)C(=O)/C(=C(/O)c3cccc(OC(C)C)c3)C2c2ccc(O)cc2)cc1Cl. The highest BCUT2D eigenvalue weighted by Crippen LogP contribution is 2.44. The molecule has 35 heavy (non-hydrogen) atoms. The number of nitrogens with zero attached hydrogens (tertiary/aromatic N) is 1. The Morgan fingerprint density at radius 1 is 1.03 bits per heavy atom. The molecule has 180 valence electrons. The maximum absolute atomic E-state index is 13.3. The van der Waals surface area contributed by atoms with Crippen molar-refractivity contribution < 1.29 is 29.3 Å². The number of aliphatic hydroxyl groups excluding tert-OH is 1. The molecule has 0 aliphatic carbocycles. The number of hydrogen-bond donors (Lipinski definition) is 2. The van der Waals surface area contributed by atoms with Crippen LogP contribution in [0.15, 0.2) is 72.3 Å². The van der Waals surface area contributed by atoms with Gasteiger partial charge in [-0.25, -0.2) is 0 Å². The van der Waals surface area contributed by atoms with E-state index in [0.717, 1.165) is 0 Å². The van der Waals surface area contributed by atoms with Crippen LogP contribution in [0.4, 0.5) is 5.69 Å². The largest absolute Gasteiger partial charge is 0.508 e. The quantitative estimate of drug-likeness (QED) is 0.268. The lowest BCUT2D eigenvalue weighted by atomic mass is 9.95. The monoisotopic (exact) mass is 493 g/mol. The molecule has 8 heteroatoms. The van der Waals surface area contributed by atoms with Gasteiger partial charge in [-0.2, -0.15) is 0 Å². The van der Waals surface area contributed by atoms with Crippen molar-refractivity contribution in [3.05, 3.63) is 88.5 Å². The molecule has 4 rings (SSSR count). The van der Waals surface area contributed by atoms with Crippen LogP contribution in [-0.2, 0) is 9.59 Å².